The van der Waals surface area contributed by atoms with Crippen LogP contribution in [0.4, 0.5) is 0 Å². The fourth-order valence-electron chi connectivity index (χ4n) is 2.92. The first-order valence-electron chi connectivity index (χ1n) is 7.87. The van der Waals surface area contributed by atoms with Crippen LogP contribution in [0.5, 0.6) is 0 Å². The van der Waals surface area contributed by atoms with Gasteiger partial charge in [-0.2, -0.15) is 5.10 Å². The number of aryl methyl sites for hydroxylation is 2. The van der Waals surface area contributed by atoms with Gasteiger partial charge in [-0.15, -0.1) is 0 Å². The Bertz CT molecular complexity index is 786. The molecule has 2 aromatic rings. The van der Waals surface area contributed by atoms with Gasteiger partial charge >= 0.3 is 0 Å². The molecule has 5 heteroatoms. The van der Waals surface area contributed by atoms with Crippen molar-refractivity contribution in [3.8, 4) is 5.69 Å². The molecule has 0 amide bonds. The molecule has 0 aliphatic carbocycles. The first kappa shape index (κ1) is 15.9. The van der Waals surface area contributed by atoms with Crippen molar-refractivity contribution in [2.75, 3.05) is 12.3 Å². The van der Waals surface area contributed by atoms with Crippen LogP contribution in [0, 0.1) is 20.8 Å². The van der Waals surface area contributed by atoms with Crippen molar-refractivity contribution in [2.45, 2.75) is 27.7 Å². The zero-order valence-corrected chi connectivity index (χ0v) is 14.9. The number of hydrogen-bond donors (Lipinski definition) is 1. The van der Waals surface area contributed by atoms with E-state index in [-0.39, 0.29) is 0 Å². The van der Waals surface area contributed by atoms with Crippen LogP contribution in [0.3, 0.4) is 0 Å². The van der Waals surface area contributed by atoms with E-state index in [1.54, 1.807) is 11.8 Å². The number of amidine groups is 1. The minimum atomic E-state index is 0.780. The normalized spacial score (nSPS) is 16.3. The van der Waals surface area contributed by atoms with Crippen molar-refractivity contribution >= 4 is 22.6 Å². The zero-order chi connectivity index (χ0) is 16.4. The summed E-state index contributed by atoms with van der Waals surface area (Å²) in [5, 5.41) is 5.44. The minimum absolute atomic E-state index is 0.780. The maximum atomic E-state index is 4.53. The SMILES string of the molecule is CCN=C1NN=C(c2cc(C)n(-c3ccccc3C)c2C)CS1. The van der Waals surface area contributed by atoms with Gasteiger partial charge in [0.25, 0.3) is 0 Å². The molecule has 0 radical (unpaired) electrons. The lowest BCUT2D eigenvalue weighted by Gasteiger charge is -2.16. The molecule has 1 aliphatic heterocycles. The molecule has 23 heavy (non-hydrogen) atoms. The lowest BCUT2D eigenvalue weighted by atomic mass is 10.1. The molecule has 0 bridgehead atoms. The number of para-hydroxylation sites is 1. The van der Waals surface area contributed by atoms with Crippen molar-refractivity contribution in [1.82, 2.24) is 9.99 Å². The quantitative estimate of drug-likeness (QED) is 0.931. The highest BCUT2D eigenvalue weighted by molar-refractivity contribution is 8.14. The van der Waals surface area contributed by atoms with E-state index < -0.39 is 0 Å². The summed E-state index contributed by atoms with van der Waals surface area (Å²) in [6.45, 7) is 9.28. The third-order valence-electron chi connectivity index (χ3n) is 4.03. The minimum Gasteiger partial charge on any atom is -0.318 e. The lowest BCUT2D eigenvalue weighted by molar-refractivity contribution is 0.952. The van der Waals surface area contributed by atoms with E-state index in [4.69, 9.17) is 0 Å². The first-order valence-corrected chi connectivity index (χ1v) is 8.85. The van der Waals surface area contributed by atoms with Crippen molar-refractivity contribution in [1.29, 1.82) is 0 Å². The number of hydrogen-bond acceptors (Lipinski definition) is 3. The van der Waals surface area contributed by atoms with Crippen LogP contribution in [0.1, 0.15) is 29.4 Å². The Morgan fingerprint density at radius 2 is 2.04 bits per heavy atom. The summed E-state index contributed by atoms with van der Waals surface area (Å²) in [4.78, 5) is 4.37. The lowest BCUT2D eigenvalue weighted by Crippen LogP contribution is -2.25. The second-order valence-electron chi connectivity index (χ2n) is 5.65. The first-order chi connectivity index (χ1) is 11.1. The van der Waals surface area contributed by atoms with Gasteiger partial charge in [0.2, 0.25) is 0 Å². The van der Waals surface area contributed by atoms with Crippen molar-refractivity contribution in [3.05, 3.63) is 52.8 Å². The number of hydrazone groups is 1. The maximum Gasteiger partial charge on any atom is 0.177 e. The number of benzene rings is 1. The molecule has 3 rings (SSSR count). The Kier molecular flexibility index (Phi) is 4.57. The molecule has 4 nitrogen and oxygen atoms in total. The predicted octanol–water partition coefficient (Wildman–Crippen LogP) is 3.82. The summed E-state index contributed by atoms with van der Waals surface area (Å²) in [5.74, 6) is 0.851. The Labute approximate surface area is 141 Å². The zero-order valence-electron chi connectivity index (χ0n) is 14.1. The molecule has 0 spiro atoms. The van der Waals surface area contributed by atoms with Gasteiger partial charge in [0.05, 0.1) is 5.71 Å². The highest BCUT2D eigenvalue weighted by Crippen LogP contribution is 2.25. The van der Waals surface area contributed by atoms with Crippen molar-refractivity contribution < 1.29 is 0 Å². The van der Waals surface area contributed by atoms with Crippen LogP contribution >= 0.6 is 11.8 Å². The number of rotatable bonds is 3. The summed E-state index contributed by atoms with van der Waals surface area (Å²) in [6, 6.07) is 10.7. The van der Waals surface area contributed by atoms with Crippen LogP contribution in [0.2, 0.25) is 0 Å². The van der Waals surface area contributed by atoms with Crippen LogP contribution in [-0.2, 0) is 0 Å². The second-order valence-corrected chi connectivity index (χ2v) is 6.61. The summed E-state index contributed by atoms with van der Waals surface area (Å²) >= 11 is 1.71. The standard InChI is InChI=1S/C18H22N4S/c1-5-19-18-21-20-16(11-23-18)15-10-13(3)22(14(15)4)17-9-7-6-8-12(17)2/h6-10H,5,11H2,1-4H3,(H,19,21). The number of nitrogens with zero attached hydrogens (tertiary/aromatic N) is 3. The van der Waals surface area contributed by atoms with Gasteiger partial charge in [0.15, 0.2) is 5.17 Å². The summed E-state index contributed by atoms with van der Waals surface area (Å²) in [6.07, 6.45) is 0. The third-order valence-corrected chi connectivity index (χ3v) is 4.94. The fourth-order valence-corrected chi connectivity index (χ4v) is 3.74. The predicted molar refractivity (Wildman–Crippen MR) is 100 cm³/mol. The van der Waals surface area contributed by atoms with Crippen LogP contribution < -0.4 is 5.43 Å². The highest BCUT2D eigenvalue weighted by atomic mass is 32.2. The van der Waals surface area contributed by atoms with Gasteiger partial charge in [-0.25, -0.2) is 0 Å². The topological polar surface area (TPSA) is 41.7 Å². The van der Waals surface area contributed by atoms with Crippen LogP contribution in [0.15, 0.2) is 40.4 Å². The van der Waals surface area contributed by atoms with Crippen LogP contribution in [-0.4, -0.2) is 27.7 Å². The van der Waals surface area contributed by atoms with Gasteiger partial charge in [0.1, 0.15) is 0 Å². The molecule has 0 saturated heterocycles. The summed E-state index contributed by atoms with van der Waals surface area (Å²) in [7, 11) is 0. The van der Waals surface area contributed by atoms with E-state index >= 15 is 0 Å². The molecule has 2 heterocycles. The molecule has 0 fully saturated rings. The van der Waals surface area contributed by atoms with E-state index in [1.165, 1.54) is 28.2 Å². The Morgan fingerprint density at radius 3 is 2.70 bits per heavy atom. The van der Waals surface area contributed by atoms with Crippen LogP contribution in [0.25, 0.3) is 5.69 Å². The number of aromatic nitrogens is 1. The Morgan fingerprint density at radius 1 is 1.26 bits per heavy atom. The average molecular weight is 326 g/mol. The van der Waals surface area contributed by atoms with E-state index in [0.29, 0.717) is 0 Å². The Hall–Kier alpha value is -2.01. The van der Waals surface area contributed by atoms with Crippen molar-refractivity contribution in [3.63, 3.8) is 0 Å². The molecule has 120 valence electrons. The summed E-state index contributed by atoms with van der Waals surface area (Å²) < 4.78 is 2.31. The number of nitrogens with one attached hydrogen (secondary N) is 1. The van der Waals surface area contributed by atoms with Crippen molar-refractivity contribution in [2.24, 2.45) is 10.1 Å². The van der Waals surface area contributed by atoms with Gasteiger partial charge in [0, 0.05) is 34.9 Å². The van der Waals surface area contributed by atoms with E-state index in [2.05, 4.69) is 71.2 Å². The van der Waals surface area contributed by atoms with Gasteiger partial charge in [-0.3, -0.25) is 10.4 Å². The molecule has 1 aromatic heterocycles. The monoisotopic (exact) mass is 326 g/mol. The highest BCUT2D eigenvalue weighted by Gasteiger charge is 2.19. The molecule has 0 unspecified atom stereocenters. The Balaban J connectivity index is 2.00. The van der Waals surface area contributed by atoms with Gasteiger partial charge in [-0.1, -0.05) is 30.0 Å². The number of aliphatic imine (C=N–C) groups is 1. The average Bonchev–Trinajstić information content (AvgIpc) is 2.84. The maximum absolute atomic E-state index is 4.53. The molecule has 0 atom stereocenters. The number of thioether (sulfide) groups is 1. The van der Waals surface area contributed by atoms with Gasteiger partial charge < -0.3 is 4.57 Å². The van der Waals surface area contributed by atoms with Gasteiger partial charge in [-0.05, 0) is 45.4 Å². The third kappa shape index (κ3) is 3.06. The molecule has 1 aliphatic rings. The largest absolute Gasteiger partial charge is 0.318 e. The molecule has 1 N–H and O–H groups in total. The van der Waals surface area contributed by atoms with E-state index in [9.17, 15) is 0 Å². The van der Waals surface area contributed by atoms with E-state index in [1.807, 2.05) is 6.92 Å². The molecule has 1 aromatic carbocycles. The molecular formula is C18H22N4S. The fraction of sp³-hybridized carbons (Fsp3) is 0.333. The molecular weight excluding hydrogens is 304 g/mol. The molecule has 0 saturated carbocycles. The second kappa shape index (κ2) is 6.62. The summed E-state index contributed by atoms with van der Waals surface area (Å²) in [5.41, 5.74) is 10.3. The smallest absolute Gasteiger partial charge is 0.177 e. The van der Waals surface area contributed by atoms with E-state index in [0.717, 1.165) is 23.2 Å².